The number of thiophene rings is 1. The third-order valence-corrected chi connectivity index (χ3v) is 11.4. The Bertz CT molecular complexity index is 1920. The third kappa shape index (κ3) is 4.44. The molecule has 0 N–H and O–H groups in total. The van der Waals surface area contributed by atoms with Crippen molar-refractivity contribution in [1.29, 1.82) is 0 Å². The Kier molecular flexibility index (Phi) is 6.47. The van der Waals surface area contributed by atoms with Crippen LogP contribution < -0.4 is 4.90 Å². The number of rotatable bonds is 4. The Morgan fingerprint density at radius 3 is 1.86 bits per heavy atom. The molecule has 4 nitrogen and oxygen atoms in total. The van der Waals surface area contributed by atoms with Gasteiger partial charge in [-0.2, -0.15) is 0 Å². The molecule has 9 rings (SSSR count). The van der Waals surface area contributed by atoms with Gasteiger partial charge in [-0.05, 0) is 61.6 Å². The molecule has 0 bridgehead atoms. The zero-order valence-electron chi connectivity index (χ0n) is 25.0. The lowest BCUT2D eigenvalue weighted by molar-refractivity contribution is 0.331. The highest BCUT2D eigenvalue weighted by Crippen LogP contribution is 2.53. The van der Waals surface area contributed by atoms with Gasteiger partial charge in [0.25, 0.3) is 0 Å². The number of hydrogen-bond acceptors (Lipinski definition) is 5. The first-order valence-corrected chi connectivity index (χ1v) is 17.3. The van der Waals surface area contributed by atoms with Gasteiger partial charge in [-0.3, -0.25) is 0 Å². The van der Waals surface area contributed by atoms with E-state index < -0.39 is 0 Å². The van der Waals surface area contributed by atoms with Gasteiger partial charge in [0.1, 0.15) is 0 Å². The van der Waals surface area contributed by atoms with Crippen molar-refractivity contribution < 1.29 is 0 Å². The zero-order chi connectivity index (χ0) is 29.0. The van der Waals surface area contributed by atoms with E-state index >= 15 is 0 Å². The molecule has 5 heteroatoms. The molecule has 2 saturated carbocycles. The summed E-state index contributed by atoms with van der Waals surface area (Å²) < 4.78 is 2.73. The minimum atomic E-state index is 0.675. The summed E-state index contributed by atoms with van der Waals surface area (Å²) >= 11 is 1.93. The summed E-state index contributed by atoms with van der Waals surface area (Å²) in [6.07, 6.45) is 12.3. The number of hydrogen-bond donors (Lipinski definition) is 0. The number of nitrogens with zero attached hydrogens (tertiary/aromatic N) is 4. The maximum absolute atomic E-state index is 5.02. The van der Waals surface area contributed by atoms with Gasteiger partial charge in [-0.25, -0.2) is 15.0 Å². The van der Waals surface area contributed by atoms with Crippen LogP contribution in [0.5, 0.6) is 0 Å². The van der Waals surface area contributed by atoms with E-state index in [1.54, 1.807) is 11.3 Å². The average Bonchev–Trinajstić information content (AvgIpc) is 3.62. The number of aromatic nitrogens is 3. The third-order valence-electron chi connectivity index (χ3n) is 10.3. The van der Waals surface area contributed by atoms with Crippen molar-refractivity contribution in [2.45, 2.75) is 75.8 Å². The summed E-state index contributed by atoms with van der Waals surface area (Å²) in [6.45, 7) is 0. The molecule has 3 heterocycles. The van der Waals surface area contributed by atoms with Crippen LogP contribution in [0.15, 0.2) is 91.0 Å². The molecule has 6 aromatic rings. The van der Waals surface area contributed by atoms with Gasteiger partial charge in [-0.1, -0.05) is 92.8 Å². The fraction of sp³-hybridized carbons (Fsp3) is 0.308. The Labute approximate surface area is 262 Å². The molecule has 2 unspecified atom stereocenters. The summed E-state index contributed by atoms with van der Waals surface area (Å²) in [5.74, 6) is 2.80. The lowest BCUT2D eigenvalue weighted by atomic mass is 9.81. The monoisotopic (exact) mass is 592 g/mol. The summed E-state index contributed by atoms with van der Waals surface area (Å²) in [7, 11) is 0. The van der Waals surface area contributed by atoms with Gasteiger partial charge in [0.05, 0.1) is 0 Å². The predicted molar refractivity (Wildman–Crippen MR) is 183 cm³/mol. The largest absolute Gasteiger partial charge is 0.365 e. The maximum Gasteiger partial charge on any atom is 0.164 e. The molecule has 1 aliphatic heterocycles. The van der Waals surface area contributed by atoms with Crippen LogP contribution in [0.25, 0.3) is 54.3 Å². The van der Waals surface area contributed by atoms with Gasteiger partial charge in [0, 0.05) is 60.6 Å². The molecule has 3 aliphatic rings. The standard InChI is InChI=1S/C39H36N4S/c1-4-12-25(13-5-1)37-40-38(26-14-6-2-7-15-26)42-39(41-37)27-20-21-35-31(22-27)32-23-30-29-18-10-11-19-33(29)43(28-16-8-3-9-17-28)34(30)24-36(32)44-35/h1-2,4-7,12-15,20-24,28-29,33H,3,8-11,16-19H2. The lowest BCUT2D eigenvalue weighted by Gasteiger charge is -2.41. The zero-order valence-corrected chi connectivity index (χ0v) is 25.8. The van der Waals surface area contributed by atoms with E-state index in [4.69, 9.17) is 15.0 Å². The van der Waals surface area contributed by atoms with Crippen LogP contribution in [0.3, 0.4) is 0 Å². The normalized spacial score (nSPS) is 20.2. The van der Waals surface area contributed by atoms with Crippen LogP contribution >= 0.6 is 11.3 Å². The van der Waals surface area contributed by atoms with E-state index in [1.165, 1.54) is 78.0 Å². The molecular weight excluding hydrogens is 557 g/mol. The van der Waals surface area contributed by atoms with Gasteiger partial charge >= 0.3 is 0 Å². The number of fused-ring (bicyclic) bond motifs is 6. The molecule has 2 aromatic heterocycles. The molecule has 44 heavy (non-hydrogen) atoms. The summed E-state index contributed by atoms with van der Waals surface area (Å²) in [4.78, 5) is 17.8. The quantitative estimate of drug-likeness (QED) is 0.204. The lowest BCUT2D eigenvalue weighted by Crippen LogP contribution is -2.44. The molecule has 0 radical (unpaired) electrons. The van der Waals surface area contributed by atoms with Gasteiger partial charge < -0.3 is 4.90 Å². The van der Waals surface area contributed by atoms with E-state index in [0.29, 0.717) is 23.6 Å². The average molecular weight is 593 g/mol. The van der Waals surface area contributed by atoms with Crippen LogP contribution in [-0.2, 0) is 0 Å². The maximum atomic E-state index is 5.02. The fourth-order valence-electron chi connectivity index (χ4n) is 8.24. The van der Waals surface area contributed by atoms with Crippen LogP contribution in [-0.4, -0.2) is 27.0 Å². The highest BCUT2D eigenvalue weighted by molar-refractivity contribution is 7.25. The summed E-state index contributed by atoms with van der Waals surface area (Å²) in [5, 5.41) is 2.71. The van der Waals surface area contributed by atoms with Crippen LogP contribution in [0.1, 0.15) is 69.3 Å². The molecule has 2 atom stereocenters. The van der Waals surface area contributed by atoms with Crippen molar-refractivity contribution in [1.82, 2.24) is 15.0 Å². The Morgan fingerprint density at radius 1 is 0.545 bits per heavy atom. The van der Waals surface area contributed by atoms with Gasteiger partial charge in [0.2, 0.25) is 0 Å². The van der Waals surface area contributed by atoms with E-state index in [0.717, 1.165) is 28.6 Å². The van der Waals surface area contributed by atoms with Crippen LogP contribution in [0.2, 0.25) is 0 Å². The Balaban J connectivity index is 1.18. The summed E-state index contributed by atoms with van der Waals surface area (Å²) in [5.41, 5.74) is 6.18. The van der Waals surface area contributed by atoms with E-state index in [-0.39, 0.29) is 0 Å². The van der Waals surface area contributed by atoms with E-state index in [1.807, 2.05) is 47.7 Å². The first kappa shape index (κ1) is 26.3. The number of anilines is 1. The Hall–Kier alpha value is -4.09. The fourth-order valence-corrected chi connectivity index (χ4v) is 9.34. The smallest absolute Gasteiger partial charge is 0.164 e. The van der Waals surface area contributed by atoms with Crippen molar-refractivity contribution in [3.63, 3.8) is 0 Å². The predicted octanol–water partition coefficient (Wildman–Crippen LogP) is 10.4. The molecule has 2 fully saturated rings. The second-order valence-corrected chi connectivity index (χ2v) is 14.0. The topological polar surface area (TPSA) is 41.9 Å². The van der Waals surface area contributed by atoms with Crippen molar-refractivity contribution in [3.05, 3.63) is 96.6 Å². The number of benzene rings is 4. The van der Waals surface area contributed by atoms with Gasteiger partial charge in [-0.15, -0.1) is 11.3 Å². The van der Waals surface area contributed by atoms with Crippen molar-refractivity contribution >= 4 is 37.2 Å². The Morgan fingerprint density at radius 2 is 1.16 bits per heavy atom. The second-order valence-electron chi connectivity index (χ2n) is 12.9. The minimum absolute atomic E-state index is 0.675. The molecular formula is C39H36N4S. The molecule has 2 aliphatic carbocycles. The molecule has 0 saturated heterocycles. The van der Waals surface area contributed by atoms with Crippen LogP contribution in [0.4, 0.5) is 5.69 Å². The minimum Gasteiger partial charge on any atom is -0.365 e. The highest BCUT2D eigenvalue weighted by Gasteiger charge is 2.43. The second kappa shape index (κ2) is 10.8. The highest BCUT2D eigenvalue weighted by atomic mass is 32.1. The van der Waals surface area contributed by atoms with E-state index in [2.05, 4.69) is 59.5 Å². The molecule has 4 aromatic carbocycles. The SMILES string of the molecule is c1ccc(-c2nc(-c3ccccc3)nc(-c3ccc4sc5cc6c(cc5c4c3)C3CCCCC3N6C3CCCCC3)n2)cc1. The molecule has 0 amide bonds. The first-order chi connectivity index (χ1) is 21.8. The first-order valence-electron chi connectivity index (χ1n) is 16.5. The van der Waals surface area contributed by atoms with E-state index in [9.17, 15) is 0 Å². The van der Waals surface area contributed by atoms with Crippen LogP contribution in [0, 0.1) is 0 Å². The molecule has 218 valence electrons. The van der Waals surface area contributed by atoms with Crippen molar-refractivity contribution in [2.24, 2.45) is 0 Å². The van der Waals surface area contributed by atoms with Gasteiger partial charge in [0.15, 0.2) is 17.5 Å². The van der Waals surface area contributed by atoms with Crippen molar-refractivity contribution in [2.75, 3.05) is 4.90 Å². The van der Waals surface area contributed by atoms with Crippen molar-refractivity contribution in [3.8, 4) is 34.2 Å². The summed E-state index contributed by atoms with van der Waals surface area (Å²) in [6, 6.07) is 33.8. The molecule has 0 spiro atoms.